The summed E-state index contributed by atoms with van der Waals surface area (Å²) in [6.45, 7) is 4.00. The molecule has 1 aliphatic heterocycles. The highest BCUT2D eigenvalue weighted by Gasteiger charge is 2.22. The van der Waals surface area contributed by atoms with Gasteiger partial charge in [-0.3, -0.25) is 4.79 Å². The standard InChI is InChI=1S/C13H18N2O2/c1-9-6-7-14-8-12(9)15-13(17)10-2-4-11(16)5-3-10/h2-5,9,12,14,16H,6-8H2,1H3,(H,15,17). The van der Waals surface area contributed by atoms with Crippen LogP contribution in [0.3, 0.4) is 0 Å². The van der Waals surface area contributed by atoms with E-state index >= 15 is 0 Å². The van der Waals surface area contributed by atoms with Crippen LogP contribution in [-0.2, 0) is 0 Å². The van der Waals surface area contributed by atoms with Gasteiger partial charge < -0.3 is 15.7 Å². The number of hydrogen-bond donors (Lipinski definition) is 3. The van der Waals surface area contributed by atoms with E-state index in [4.69, 9.17) is 5.11 Å². The number of rotatable bonds is 2. The van der Waals surface area contributed by atoms with Gasteiger partial charge in [0.15, 0.2) is 0 Å². The molecular formula is C13H18N2O2. The molecule has 2 atom stereocenters. The Morgan fingerprint density at radius 2 is 2.12 bits per heavy atom. The van der Waals surface area contributed by atoms with Crippen molar-refractivity contribution in [1.29, 1.82) is 0 Å². The second-order valence-corrected chi connectivity index (χ2v) is 4.60. The number of phenols is 1. The van der Waals surface area contributed by atoms with Crippen molar-refractivity contribution in [2.75, 3.05) is 13.1 Å². The average molecular weight is 234 g/mol. The molecule has 0 spiro atoms. The molecular weight excluding hydrogens is 216 g/mol. The number of piperidine rings is 1. The molecule has 1 aliphatic rings. The minimum absolute atomic E-state index is 0.0782. The summed E-state index contributed by atoms with van der Waals surface area (Å²) in [6.07, 6.45) is 1.08. The summed E-state index contributed by atoms with van der Waals surface area (Å²) in [5.74, 6) is 0.595. The number of phenolic OH excluding ortho intramolecular Hbond substituents is 1. The minimum Gasteiger partial charge on any atom is -0.508 e. The van der Waals surface area contributed by atoms with E-state index in [-0.39, 0.29) is 17.7 Å². The molecule has 1 aromatic carbocycles. The quantitative estimate of drug-likeness (QED) is 0.718. The van der Waals surface area contributed by atoms with E-state index in [0.29, 0.717) is 11.5 Å². The SMILES string of the molecule is CC1CCNCC1NC(=O)c1ccc(O)cc1. The predicted octanol–water partition coefficient (Wildman–Crippen LogP) is 1.12. The second-order valence-electron chi connectivity index (χ2n) is 4.60. The van der Waals surface area contributed by atoms with Gasteiger partial charge in [-0.15, -0.1) is 0 Å². The number of hydrogen-bond acceptors (Lipinski definition) is 3. The van der Waals surface area contributed by atoms with Crippen LogP contribution < -0.4 is 10.6 Å². The van der Waals surface area contributed by atoms with Gasteiger partial charge in [0, 0.05) is 18.2 Å². The van der Waals surface area contributed by atoms with Crippen LogP contribution in [0.1, 0.15) is 23.7 Å². The summed E-state index contributed by atoms with van der Waals surface area (Å²) in [6, 6.07) is 6.50. The van der Waals surface area contributed by atoms with Crippen LogP contribution in [0.2, 0.25) is 0 Å². The van der Waals surface area contributed by atoms with E-state index < -0.39 is 0 Å². The molecule has 1 fully saturated rings. The van der Waals surface area contributed by atoms with Crippen LogP contribution in [-0.4, -0.2) is 30.1 Å². The summed E-state index contributed by atoms with van der Waals surface area (Å²) in [5.41, 5.74) is 0.584. The lowest BCUT2D eigenvalue weighted by atomic mass is 9.94. The van der Waals surface area contributed by atoms with E-state index in [2.05, 4.69) is 17.6 Å². The van der Waals surface area contributed by atoms with E-state index in [1.807, 2.05) is 0 Å². The molecule has 4 nitrogen and oxygen atoms in total. The summed E-state index contributed by atoms with van der Waals surface area (Å²) in [4.78, 5) is 11.9. The first kappa shape index (κ1) is 11.9. The molecule has 1 amide bonds. The van der Waals surface area contributed by atoms with Gasteiger partial charge in [0.25, 0.3) is 5.91 Å². The molecule has 17 heavy (non-hydrogen) atoms. The summed E-state index contributed by atoms with van der Waals surface area (Å²) in [7, 11) is 0. The highest BCUT2D eigenvalue weighted by atomic mass is 16.3. The Balaban J connectivity index is 1.98. The fourth-order valence-electron chi connectivity index (χ4n) is 2.05. The van der Waals surface area contributed by atoms with Crippen LogP contribution >= 0.6 is 0 Å². The Bertz CT molecular complexity index is 389. The van der Waals surface area contributed by atoms with Gasteiger partial charge in [0.2, 0.25) is 0 Å². The van der Waals surface area contributed by atoms with Gasteiger partial charge in [-0.25, -0.2) is 0 Å². The molecule has 0 aliphatic carbocycles. The molecule has 4 heteroatoms. The summed E-state index contributed by atoms with van der Waals surface area (Å²) >= 11 is 0. The van der Waals surface area contributed by atoms with Gasteiger partial charge in [-0.05, 0) is 43.1 Å². The topological polar surface area (TPSA) is 61.4 Å². The molecule has 0 radical (unpaired) electrons. The van der Waals surface area contributed by atoms with Crippen LogP contribution in [0.4, 0.5) is 0 Å². The van der Waals surface area contributed by atoms with Gasteiger partial charge in [0.1, 0.15) is 5.75 Å². The zero-order chi connectivity index (χ0) is 12.3. The van der Waals surface area contributed by atoms with E-state index in [9.17, 15) is 4.79 Å². The number of carbonyl (C=O) groups excluding carboxylic acids is 1. The smallest absolute Gasteiger partial charge is 0.251 e. The molecule has 3 N–H and O–H groups in total. The Kier molecular flexibility index (Phi) is 3.64. The fraction of sp³-hybridized carbons (Fsp3) is 0.462. The zero-order valence-electron chi connectivity index (χ0n) is 9.94. The van der Waals surface area contributed by atoms with Crippen molar-refractivity contribution < 1.29 is 9.90 Å². The largest absolute Gasteiger partial charge is 0.508 e. The van der Waals surface area contributed by atoms with Crippen LogP contribution in [0, 0.1) is 5.92 Å². The normalized spacial score (nSPS) is 24.3. The van der Waals surface area contributed by atoms with Gasteiger partial charge >= 0.3 is 0 Å². The lowest BCUT2D eigenvalue weighted by molar-refractivity contribution is 0.0915. The first-order valence-corrected chi connectivity index (χ1v) is 5.97. The molecule has 0 bridgehead atoms. The zero-order valence-corrected chi connectivity index (χ0v) is 9.94. The average Bonchev–Trinajstić information content (AvgIpc) is 2.33. The lowest BCUT2D eigenvalue weighted by Gasteiger charge is -2.30. The maximum absolute atomic E-state index is 11.9. The third-order valence-corrected chi connectivity index (χ3v) is 3.27. The number of carbonyl (C=O) groups is 1. The summed E-state index contributed by atoms with van der Waals surface area (Å²) < 4.78 is 0. The Labute approximate surface area is 101 Å². The molecule has 92 valence electrons. The summed E-state index contributed by atoms with van der Waals surface area (Å²) in [5, 5.41) is 15.5. The predicted molar refractivity (Wildman–Crippen MR) is 66.0 cm³/mol. The fourth-order valence-corrected chi connectivity index (χ4v) is 2.05. The van der Waals surface area contributed by atoms with Crippen molar-refractivity contribution in [1.82, 2.24) is 10.6 Å². The maximum Gasteiger partial charge on any atom is 0.251 e. The van der Waals surface area contributed by atoms with E-state index in [1.54, 1.807) is 12.1 Å². The van der Waals surface area contributed by atoms with Gasteiger partial charge in [0.05, 0.1) is 0 Å². The highest BCUT2D eigenvalue weighted by Crippen LogP contribution is 2.13. The molecule has 2 unspecified atom stereocenters. The van der Waals surface area contributed by atoms with Crippen molar-refractivity contribution in [3.05, 3.63) is 29.8 Å². The number of amides is 1. The van der Waals surface area contributed by atoms with Crippen LogP contribution in [0.5, 0.6) is 5.75 Å². The van der Waals surface area contributed by atoms with Crippen molar-refractivity contribution in [3.8, 4) is 5.75 Å². The number of nitrogens with one attached hydrogen (secondary N) is 2. The monoisotopic (exact) mass is 234 g/mol. The number of aromatic hydroxyl groups is 1. The molecule has 0 aromatic heterocycles. The second kappa shape index (κ2) is 5.19. The van der Waals surface area contributed by atoms with Gasteiger partial charge in [-0.2, -0.15) is 0 Å². The van der Waals surface area contributed by atoms with Crippen molar-refractivity contribution >= 4 is 5.91 Å². The van der Waals surface area contributed by atoms with Crippen LogP contribution in [0.15, 0.2) is 24.3 Å². The van der Waals surface area contributed by atoms with Crippen molar-refractivity contribution in [3.63, 3.8) is 0 Å². The third kappa shape index (κ3) is 2.97. The lowest BCUT2D eigenvalue weighted by Crippen LogP contribution is -2.50. The first-order valence-electron chi connectivity index (χ1n) is 5.97. The van der Waals surface area contributed by atoms with Gasteiger partial charge in [-0.1, -0.05) is 6.92 Å². The molecule has 2 rings (SSSR count). The van der Waals surface area contributed by atoms with E-state index in [0.717, 1.165) is 19.5 Å². The first-order chi connectivity index (χ1) is 8.16. The third-order valence-electron chi connectivity index (χ3n) is 3.27. The van der Waals surface area contributed by atoms with E-state index in [1.165, 1.54) is 12.1 Å². The Morgan fingerprint density at radius 1 is 1.41 bits per heavy atom. The Morgan fingerprint density at radius 3 is 2.76 bits per heavy atom. The highest BCUT2D eigenvalue weighted by molar-refractivity contribution is 5.94. The van der Waals surface area contributed by atoms with Crippen LogP contribution in [0.25, 0.3) is 0 Å². The molecule has 1 saturated heterocycles. The molecule has 0 saturated carbocycles. The van der Waals surface area contributed by atoms with Crippen molar-refractivity contribution in [2.24, 2.45) is 5.92 Å². The molecule has 1 aromatic rings. The minimum atomic E-state index is -0.0782. The molecule has 1 heterocycles. The maximum atomic E-state index is 11.9. The Hall–Kier alpha value is -1.55. The number of benzene rings is 1. The van der Waals surface area contributed by atoms with Crippen molar-refractivity contribution in [2.45, 2.75) is 19.4 Å².